The predicted molar refractivity (Wildman–Crippen MR) is 79.3 cm³/mol. The number of rotatable bonds is 3. The quantitative estimate of drug-likeness (QED) is 0.406. The van der Waals surface area contributed by atoms with E-state index in [-0.39, 0.29) is 21.6 Å². The van der Waals surface area contributed by atoms with Crippen LogP contribution in [0.25, 0.3) is 11.0 Å². The lowest BCUT2D eigenvalue weighted by atomic mass is 10.1. The molecule has 9 nitrogen and oxygen atoms in total. The molecule has 1 aliphatic heterocycles. The van der Waals surface area contributed by atoms with E-state index in [4.69, 9.17) is 27.8 Å². The van der Waals surface area contributed by atoms with E-state index in [0.717, 1.165) is 0 Å². The smallest absolute Gasteiger partial charge is 0.260 e. The van der Waals surface area contributed by atoms with Crippen molar-refractivity contribution in [3.63, 3.8) is 0 Å². The molecule has 2 aromatic heterocycles. The summed E-state index contributed by atoms with van der Waals surface area (Å²) in [6, 6.07) is 0. The van der Waals surface area contributed by atoms with Gasteiger partial charge in [-0.15, -0.1) is 0 Å². The lowest BCUT2D eigenvalue weighted by Gasteiger charge is -2.17. The van der Waals surface area contributed by atoms with Crippen molar-refractivity contribution in [3.05, 3.63) is 28.4 Å². The number of nitrogens with two attached hydrogens (primary N) is 1. The Bertz CT molecular complexity index is 787. The zero-order valence-corrected chi connectivity index (χ0v) is 12.0. The van der Waals surface area contributed by atoms with E-state index < -0.39 is 36.7 Å². The van der Waals surface area contributed by atoms with Crippen LogP contribution in [0.3, 0.4) is 0 Å². The van der Waals surface area contributed by atoms with Gasteiger partial charge in [0.1, 0.15) is 28.9 Å². The summed E-state index contributed by atoms with van der Waals surface area (Å²) in [5.74, 6) is 0. The van der Waals surface area contributed by atoms with Gasteiger partial charge in [-0.3, -0.25) is 4.79 Å². The molecule has 0 saturated carbocycles. The summed E-state index contributed by atoms with van der Waals surface area (Å²) in [5.41, 5.74) is 5.69. The minimum atomic E-state index is -1.30. The third-order valence-corrected chi connectivity index (χ3v) is 3.89. The average molecular weight is 326 g/mol. The molecule has 4 atom stereocenters. The lowest BCUT2D eigenvalue weighted by molar-refractivity contribution is -0.0508. The highest BCUT2D eigenvalue weighted by Crippen LogP contribution is 2.32. The molecular formula is C12H14N4O5S. The molecule has 0 aromatic carbocycles. The van der Waals surface area contributed by atoms with E-state index in [9.17, 15) is 15.0 Å². The molecule has 0 bridgehead atoms. The Morgan fingerprint density at radius 3 is 2.82 bits per heavy atom. The van der Waals surface area contributed by atoms with Crippen molar-refractivity contribution in [3.8, 4) is 0 Å². The number of thiocarbonyl (C=S) groups is 1. The number of ether oxygens (including phenoxy) is 1. The Kier molecular flexibility index (Phi) is 3.70. The second-order valence-electron chi connectivity index (χ2n) is 4.97. The van der Waals surface area contributed by atoms with Crippen LogP contribution in [0.15, 0.2) is 17.3 Å². The Morgan fingerprint density at radius 2 is 2.23 bits per heavy atom. The highest BCUT2D eigenvalue weighted by atomic mass is 32.1. The number of aromatic amines is 1. The third-order valence-electron chi connectivity index (χ3n) is 3.67. The molecule has 22 heavy (non-hydrogen) atoms. The number of aliphatic hydroxyl groups is 3. The number of aromatic nitrogens is 3. The van der Waals surface area contributed by atoms with Crippen LogP contribution in [0.2, 0.25) is 0 Å². The van der Waals surface area contributed by atoms with E-state index in [1.54, 1.807) is 0 Å². The van der Waals surface area contributed by atoms with Gasteiger partial charge in [0.2, 0.25) is 0 Å². The van der Waals surface area contributed by atoms with Gasteiger partial charge in [-0.2, -0.15) is 0 Å². The molecule has 6 N–H and O–H groups in total. The first-order valence-corrected chi connectivity index (χ1v) is 6.87. The highest BCUT2D eigenvalue weighted by molar-refractivity contribution is 7.80. The minimum absolute atomic E-state index is 0.00556. The van der Waals surface area contributed by atoms with Crippen LogP contribution in [-0.2, 0) is 4.74 Å². The summed E-state index contributed by atoms with van der Waals surface area (Å²) in [5, 5.41) is 29.3. The zero-order chi connectivity index (χ0) is 16.0. The molecule has 3 rings (SSSR count). The lowest BCUT2D eigenvalue weighted by Crippen LogP contribution is -2.33. The van der Waals surface area contributed by atoms with Crippen LogP contribution in [0.5, 0.6) is 0 Å². The fourth-order valence-corrected chi connectivity index (χ4v) is 2.74. The fourth-order valence-electron chi connectivity index (χ4n) is 2.58. The maximum Gasteiger partial charge on any atom is 0.260 e. The van der Waals surface area contributed by atoms with E-state index in [2.05, 4.69) is 9.97 Å². The van der Waals surface area contributed by atoms with Crippen molar-refractivity contribution in [1.29, 1.82) is 0 Å². The largest absolute Gasteiger partial charge is 0.394 e. The standard InChI is InChI=1S/C12H14N4O5S/c13-9(22)4-1-16(10-6(4)11(20)15-3-14-10)12-8(19)7(18)5(2-17)21-12/h1,3,5,7-8,12,17-19H,2H2,(H2,13,22)(H,14,15,20)/t5-,7-,8-,12?/m1/s1. The minimum Gasteiger partial charge on any atom is -0.394 e. The topological polar surface area (TPSA) is 147 Å². The van der Waals surface area contributed by atoms with Crippen molar-refractivity contribution in [2.45, 2.75) is 24.5 Å². The van der Waals surface area contributed by atoms with E-state index in [1.165, 1.54) is 17.1 Å². The van der Waals surface area contributed by atoms with Crippen molar-refractivity contribution < 1.29 is 20.1 Å². The van der Waals surface area contributed by atoms with Gasteiger partial charge in [0.15, 0.2) is 6.23 Å². The number of nitrogens with one attached hydrogen (secondary N) is 1. The van der Waals surface area contributed by atoms with E-state index in [0.29, 0.717) is 0 Å². The highest BCUT2D eigenvalue weighted by Gasteiger charge is 2.44. The number of hydrogen-bond acceptors (Lipinski definition) is 7. The SMILES string of the molecule is NC(=S)c1cn(C2O[C@H](CO)[C@@H](O)[C@H]2O)c2nc[nH]c(=O)c12. The van der Waals surface area contributed by atoms with Crippen molar-refractivity contribution in [2.24, 2.45) is 5.73 Å². The summed E-state index contributed by atoms with van der Waals surface area (Å²) < 4.78 is 6.82. The molecular weight excluding hydrogens is 312 g/mol. The number of aliphatic hydroxyl groups excluding tert-OH is 3. The maximum absolute atomic E-state index is 12.0. The summed E-state index contributed by atoms with van der Waals surface area (Å²) in [6.45, 7) is -0.454. The Balaban J connectivity index is 2.18. The molecule has 1 saturated heterocycles. The predicted octanol–water partition coefficient (Wildman–Crippen LogP) is -2.03. The average Bonchev–Trinajstić information content (AvgIpc) is 3.00. The molecule has 1 aliphatic rings. The monoisotopic (exact) mass is 326 g/mol. The Labute approximate surface area is 129 Å². The van der Waals surface area contributed by atoms with Crippen LogP contribution in [0, 0.1) is 0 Å². The van der Waals surface area contributed by atoms with E-state index in [1.807, 2.05) is 0 Å². The van der Waals surface area contributed by atoms with Gasteiger partial charge in [-0.25, -0.2) is 4.98 Å². The third kappa shape index (κ3) is 2.12. The molecule has 1 unspecified atom stereocenters. The van der Waals surface area contributed by atoms with Gasteiger partial charge in [0.25, 0.3) is 5.56 Å². The van der Waals surface area contributed by atoms with Gasteiger partial charge in [0, 0.05) is 11.8 Å². The van der Waals surface area contributed by atoms with Crippen LogP contribution < -0.4 is 11.3 Å². The molecule has 0 spiro atoms. The van der Waals surface area contributed by atoms with Crippen molar-refractivity contribution >= 4 is 28.2 Å². The normalized spacial score (nSPS) is 28.3. The van der Waals surface area contributed by atoms with Gasteiger partial charge < -0.3 is 35.3 Å². The van der Waals surface area contributed by atoms with Gasteiger partial charge in [-0.05, 0) is 0 Å². The summed E-state index contributed by atoms with van der Waals surface area (Å²) in [4.78, 5) is 18.5. The van der Waals surface area contributed by atoms with Gasteiger partial charge >= 0.3 is 0 Å². The van der Waals surface area contributed by atoms with E-state index >= 15 is 0 Å². The summed E-state index contributed by atoms with van der Waals surface area (Å²) in [7, 11) is 0. The summed E-state index contributed by atoms with van der Waals surface area (Å²) in [6.07, 6.45) is -1.88. The molecule has 10 heteroatoms. The van der Waals surface area contributed by atoms with Gasteiger partial charge in [0.05, 0.1) is 18.3 Å². The molecule has 3 heterocycles. The van der Waals surface area contributed by atoms with Crippen molar-refractivity contribution in [1.82, 2.24) is 14.5 Å². The van der Waals surface area contributed by atoms with Crippen LogP contribution in [0.4, 0.5) is 0 Å². The van der Waals surface area contributed by atoms with Crippen LogP contribution in [0.1, 0.15) is 11.8 Å². The number of H-pyrrole nitrogens is 1. The zero-order valence-electron chi connectivity index (χ0n) is 11.2. The Morgan fingerprint density at radius 1 is 1.50 bits per heavy atom. The molecule has 1 fully saturated rings. The fraction of sp³-hybridized carbons (Fsp3) is 0.417. The van der Waals surface area contributed by atoms with Crippen LogP contribution >= 0.6 is 12.2 Å². The van der Waals surface area contributed by atoms with Crippen molar-refractivity contribution in [2.75, 3.05) is 6.61 Å². The first-order valence-electron chi connectivity index (χ1n) is 6.46. The molecule has 0 aliphatic carbocycles. The first-order chi connectivity index (χ1) is 10.5. The molecule has 0 radical (unpaired) electrons. The number of hydrogen-bond donors (Lipinski definition) is 5. The molecule has 2 aromatic rings. The number of nitrogens with zero attached hydrogens (tertiary/aromatic N) is 2. The first kappa shape index (κ1) is 15.1. The Hall–Kier alpha value is -1.85. The van der Waals surface area contributed by atoms with Gasteiger partial charge in [-0.1, -0.05) is 12.2 Å². The number of fused-ring (bicyclic) bond motifs is 1. The summed E-state index contributed by atoms with van der Waals surface area (Å²) >= 11 is 4.93. The molecule has 118 valence electrons. The molecule has 0 amide bonds. The second-order valence-corrected chi connectivity index (χ2v) is 5.41. The second kappa shape index (κ2) is 5.41. The van der Waals surface area contributed by atoms with Crippen LogP contribution in [-0.4, -0.2) is 59.8 Å². The maximum atomic E-state index is 12.0.